The van der Waals surface area contributed by atoms with Crippen LogP contribution in [-0.4, -0.2) is 48.8 Å². The molecule has 1 saturated heterocycles. The van der Waals surface area contributed by atoms with Gasteiger partial charge in [0.2, 0.25) is 5.91 Å². The zero-order chi connectivity index (χ0) is 15.1. The van der Waals surface area contributed by atoms with Crippen LogP contribution in [0.2, 0.25) is 0 Å². The van der Waals surface area contributed by atoms with Crippen molar-refractivity contribution in [2.45, 2.75) is 24.9 Å². The summed E-state index contributed by atoms with van der Waals surface area (Å²) in [5.74, 6) is -0.484. The maximum Gasteiger partial charge on any atom is 0.254 e. The van der Waals surface area contributed by atoms with E-state index in [1.807, 2.05) is 0 Å². The van der Waals surface area contributed by atoms with Crippen molar-refractivity contribution >= 4 is 11.8 Å². The smallest absolute Gasteiger partial charge is 0.254 e. The number of hydrogen-bond donors (Lipinski definition) is 3. The summed E-state index contributed by atoms with van der Waals surface area (Å²) in [4.78, 5) is 23.3. The molecule has 0 saturated carbocycles. The number of rotatable bonds is 6. The number of nitrogens with one attached hydrogen (secondary N) is 2. The van der Waals surface area contributed by atoms with E-state index >= 15 is 0 Å². The van der Waals surface area contributed by atoms with Gasteiger partial charge < -0.3 is 24.9 Å². The lowest BCUT2D eigenvalue weighted by Gasteiger charge is -2.32. The zero-order valence-electron chi connectivity index (χ0n) is 11.8. The van der Waals surface area contributed by atoms with Gasteiger partial charge in [-0.25, -0.2) is 0 Å². The summed E-state index contributed by atoms with van der Waals surface area (Å²) in [6, 6.07) is 1.55. The van der Waals surface area contributed by atoms with E-state index in [-0.39, 0.29) is 31.3 Å². The highest BCUT2D eigenvalue weighted by molar-refractivity contribution is 5.93. The quantitative estimate of drug-likeness (QED) is 0.689. The standard InChI is InChI=1S/C14H20N2O5/c17-12(16-10-14(19)3-7-20-8-4-14)1-5-15-13(18)11-2-6-21-9-11/h2,6,9,19H,1,3-5,7-8,10H2,(H,15,18)(H,16,17). The van der Waals surface area contributed by atoms with Crippen LogP contribution in [0.5, 0.6) is 0 Å². The highest BCUT2D eigenvalue weighted by Gasteiger charge is 2.29. The minimum Gasteiger partial charge on any atom is -0.472 e. The van der Waals surface area contributed by atoms with Gasteiger partial charge in [-0.1, -0.05) is 0 Å². The predicted molar refractivity (Wildman–Crippen MR) is 73.7 cm³/mol. The van der Waals surface area contributed by atoms with Gasteiger partial charge in [0.15, 0.2) is 0 Å². The van der Waals surface area contributed by atoms with Crippen molar-refractivity contribution < 1.29 is 23.8 Å². The Morgan fingerprint density at radius 3 is 2.71 bits per heavy atom. The van der Waals surface area contributed by atoms with Gasteiger partial charge in [-0.15, -0.1) is 0 Å². The zero-order valence-corrected chi connectivity index (χ0v) is 11.8. The molecule has 3 N–H and O–H groups in total. The Kier molecular flexibility index (Phi) is 5.35. The summed E-state index contributed by atoms with van der Waals surface area (Å²) < 4.78 is 9.97. The third-order valence-corrected chi connectivity index (χ3v) is 3.46. The molecule has 0 spiro atoms. The van der Waals surface area contributed by atoms with Gasteiger partial charge in [0.05, 0.1) is 17.4 Å². The number of furan rings is 1. The Hall–Kier alpha value is -1.86. The molecule has 2 heterocycles. The normalized spacial score (nSPS) is 17.2. The maximum atomic E-state index is 11.7. The molecule has 0 atom stereocenters. The summed E-state index contributed by atoms with van der Waals surface area (Å²) in [6.07, 6.45) is 3.96. The summed E-state index contributed by atoms with van der Waals surface area (Å²) in [5.41, 5.74) is -0.458. The fraction of sp³-hybridized carbons (Fsp3) is 0.571. The first-order chi connectivity index (χ1) is 10.1. The SMILES string of the molecule is O=C(CCNC(=O)c1ccoc1)NCC1(O)CCOCC1. The first-order valence-corrected chi connectivity index (χ1v) is 6.96. The molecule has 0 unspecified atom stereocenters. The lowest BCUT2D eigenvalue weighted by molar-refractivity contribution is -0.123. The third kappa shape index (κ3) is 4.87. The average molecular weight is 296 g/mol. The lowest BCUT2D eigenvalue weighted by Crippen LogP contribution is -2.47. The fourth-order valence-electron chi connectivity index (χ4n) is 2.06. The van der Waals surface area contributed by atoms with Gasteiger partial charge in [-0.3, -0.25) is 9.59 Å². The Morgan fingerprint density at radius 1 is 1.29 bits per heavy atom. The van der Waals surface area contributed by atoms with Gasteiger partial charge in [-0.05, 0) is 6.07 Å². The highest BCUT2D eigenvalue weighted by atomic mass is 16.5. The second-order valence-electron chi connectivity index (χ2n) is 5.13. The van der Waals surface area contributed by atoms with Crippen LogP contribution in [-0.2, 0) is 9.53 Å². The fourth-order valence-corrected chi connectivity index (χ4v) is 2.06. The third-order valence-electron chi connectivity index (χ3n) is 3.46. The van der Waals surface area contributed by atoms with Crippen LogP contribution in [0.1, 0.15) is 29.6 Å². The van der Waals surface area contributed by atoms with Crippen LogP contribution in [0.15, 0.2) is 23.0 Å². The Balaban J connectivity index is 1.62. The molecule has 116 valence electrons. The Labute approximate surface area is 122 Å². The number of ether oxygens (including phenoxy) is 1. The number of carbonyl (C=O) groups is 2. The van der Waals surface area contributed by atoms with Gasteiger partial charge in [0.1, 0.15) is 6.26 Å². The van der Waals surface area contributed by atoms with Crippen LogP contribution in [0.3, 0.4) is 0 Å². The molecule has 21 heavy (non-hydrogen) atoms. The highest BCUT2D eigenvalue weighted by Crippen LogP contribution is 2.19. The average Bonchev–Trinajstić information content (AvgIpc) is 3.00. The van der Waals surface area contributed by atoms with Crippen molar-refractivity contribution in [1.29, 1.82) is 0 Å². The minimum atomic E-state index is -0.881. The molecule has 0 aromatic carbocycles. The summed E-state index contributed by atoms with van der Waals surface area (Å²) in [6.45, 7) is 1.46. The van der Waals surface area contributed by atoms with Crippen LogP contribution in [0.25, 0.3) is 0 Å². The van der Waals surface area contributed by atoms with E-state index < -0.39 is 5.60 Å². The van der Waals surface area contributed by atoms with E-state index in [0.29, 0.717) is 31.6 Å². The Morgan fingerprint density at radius 2 is 2.05 bits per heavy atom. The molecule has 1 aliphatic heterocycles. The number of carbonyl (C=O) groups excluding carboxylic acids is 2. The molecule has 2 amide bonds. The van der Waals surface area contributed by atoms with Crippen LogP contribution < -0.4 is 10.6 Å². The van der Waals surface area contributed by atoms with Gasteiger partial charge in [0.25, 0.3) is 5.91 Å². The second-order valence-corrected chi connectivity index (χ2v) is 5.13. The van der Waals surface area contributed by atoms with E-state index in [9.17, 15) is 14.7 Å². The van der Waals surface area contributed by atoms with E-state index in [1.54, 1.807) is 6.07 Å². The molecule has 0 bridgehead atoms. The van der Waals surface area contributed by atoms with E-state index in [0.717, 1.165) is 0 Å². The first kappa shape index (κ1) is 15.5. The topological polar surface area (TPSA) is 101 Å². The molecule has 7 heteroatoms. The molecule has 7 nitrogen and oxygen atoms in total. The second kappa shape index (κ2) is 7.24. The van der Waals surface area contributed by atoms with E-state index in [2.05, 4.69) is 10.6 Å². The molecule has 2 rings (SSSR count). The predicted octanol–water partition coefficient (Wildman–Crippen LogP) is 0.0572. The molecule has 1 aliphatic rings. The first-order valence-electron chi connectivity index (χ1n) is 6.96. The molecule has 1 aromatic rings. The van der Waals surface area contributed by atoms with Crippen molar-refractivity contribution in [2.24, 2.45) is 0 Å². The van der Waals surface area contributed by atoms with Crippen LogP contribution in [0, 0.1) is 0 Å². The molecule has 0 radical (unpaired) electrons. The van der Waals surface area contributed by atoms with Crippen LogP contribution in [0.4, 0.5) is 0 Å². The monoisotopic (exact) mass is 296 g/mol. The van der Waals surface area contributed by atoms with Crippen molar-refractivity contribution in [3.63, 3.8) is 0 Å². The molecular weight excluding hydrogens is 276 g/mol. The number of hydrogen-bond acceptors (Lipinski definition) is 5. The lowest BCUT2D eigenvalue weighted by atomic mass is 9.94. The largest absolute Gasteiger partial charge is 0.472 e. The van der Waals surface area contributed by atoms with Gasteiger partial charge in [0, 0.05) is 45.6 Å². The number of aliphatic hydroxyl groups is 1. The van der Waals surface area contributed by atoms with Crippen LogP contribution >= 0.6 is 0 Å². The maximum absolute atomic E-state index is 11.7. The minimum absolute atomic E-state index is 0.163. The van der Waals surface area contributed by atoms with Crippen molar-refractivity contribution in [2.75, 3.05) is 26.3 Å². The van der Waals surface area contributed by atoms with Gasteiger partial charge in [-0.2, -0.15) is 0 Å². The molecule has 1 aromatic heterocycles. The van der Waals surface area contributed by atoms with Gasteiger partial charge >= 0.3 is 0 Å². The van der Waals surface area contributed by atoms with E-state index in [4.69, 9.17) is 9.15 Å². The summed E-state index contributed by atoms with van der Waals surface area (Å²) >= 11 is 0. The van der Waals surface area contributed by atoms with Crippen molar-refractivity contribution in [3.05, 3.63) is 24.2 Å². The molecule has 1 fully saturated rings. The number of amides is 2. The van der Waals surface area contributed by atoms with Crippen molar-refractivity contribution in [1.82, 2.24) is 10.6 Å². The molecular formula is C14H20N2O5. The summed E-state index contributed by atoms with van der Waals surface area (Å²) in [7, 11) is 0. The molecule has 0 aliphatic carbocycles. The van der Waals surface area contributed by atoms with Crippen molar-refractivity contribution in [3.8, 4) is 0 Å². The summed E-state index contributed by atoms with van der Waals surface area (Å²) in [5, 5.41) is 15.5. The van der Waals surface area contributed by atoms with E-state index in [1.165, 1.54) is 12.5 Å². The Bertz CT molecular complexity index is 466.